The largest absolute Gasteiger partial charge is 0.455 e. The normalized spacial score (nSPS) is 11.8. The predicted molar refractivity (Wildman–Crippen MR) is 221 cm³/mol. The minimum Gasteiger partial charge on any atom is -0.455 e. The van der Waals surface area contributed by atoms with Crippen molar-refractivity contribution in [3.8, 4) is 16.8 Å². The van der Waals surface area contributed by atoms with Gasteiger partial charge in [0.2, 0.25) is 0 Å². The molecular formula is C48H30N2OS. The molecule has 3 heterocycles. The standard InChI is InChI=1S/C48H30N2OS/c1-2-12-32(13-3-1)49(34-26-27-47-41(28-34)39-17-7-11-21-46(39)52-47)33-24-22-31(23-25-33)40-29-35(30-42-38-16-6-10-20-45(38)51-48(40)42)50-43-18-8-4-14-36(43)37-15-5-9-19-44(37)50/h1-30H. The number of fused-ring (bicyclic) bond motifs is 9. The second-order valence-electron chi connectivity index (χ2n) is 13.3. The molecule has 8 aromatic carbocycles. The van der Waals surface area contributed by atoms with E-state index in [2.05, 4.69) is 185 Å². The van der Waals surface area contributed by atoms with Crippen LogP contribution < -0.4 is 4.90 Å². The number of nitrogens with zero attached hydrogens (tertiary/aromatic N) is 2. The first-order valence-electron chi connectivity index (χ1n) is 17.6. The van der Waals surface area contributed by atoms with Crippen LogP contribution in [0.5, 0.6) is 0 Å². The van der Waals surface area contributed by atoms with Crippen LogP contribution in [0.25, 0.3) is 80.7 Å². The Kier molecular flexibility index (Phi) is 6.42. The quantitative estimate of drug-likeness (QED) is 0.180. The third kappa shape index (κ3) is 4.45. The first kappa shape index (κ1) is 29.1. The molecular weight excluding hydrogens is 653 g/mol. The highest BCUT2D eigenvalue weighted by Crippen LogP contribution is 2.43. The van der Waals surface area contributed by atoms with E-state index in [1.165, 1.54) is 42.0 Å². The highest BCUT2D eigenvalue weighted by Gasteiger charge is 2.20. The van der Waals surface area contributed by atoms with E-state index < -0.39 is 0 Å². The average molecular weight is 683 g/mol. The van der Waals surface area contributed by atoms with Gasteiger partial charge in [0.05, 0.1) is 11.0 Å². The van der Waals surface area contributed by atoms with E-state index in [-0.39, 0.29) is 0 Å². The second kappa shape index (κ2) is 11.5. The molecule has 4 heteroatoms. The fraction of sp³-hybridized carbons (Fsp3) is 0. The summed E-state index contributed by atoms with van der Waals surface area (Å²) < 4.78 is 11.7. The van der Waals surface area contributed by atoms with E-state index in [9.17, 15) is 0 Å². The lowest BCUT2D eigenvalue weighted by Crippen LogP contribution is -2.09. The number of anilines is 3. The Labute approximate surface area is 303 Å². The van der Waals surface area contributed by atoms with Crippen LogP contribution in [0.3, 0.4) is 0 Å². The molecule has 0 aliphatic heterocycles. The lowest BCUT2D eigenvalue weighted by Gasteiger charge is -2.26. The third-order valence-electron chi connectivity index (χ3n) is 10.4. The van der Waals surface area contributed by atoms with E-state index in [1.54, 1.807) is 0 Å². The zero-order valence-corrected chi connectivity index (χ0v) is 28.8. The molecule has 0 atom stereocenters. The molecule has 0 N–H and O–H groups in total. The van der Waals surface area contributed by atoms with Gasteiger partial charge < -0.3 is 13.9 Å². The van der Waals surface area contributed by atoms with Crippen LogP contribution in [0.4, 0.5) is 17.1 Å². The van der Waals surface area contributed by atoms with Gasteiger partial charge in [0.1, 0.15) is 11.2 Å². The van der Waals surface area contributed by atoms with Crippen molar-refractivity contribution in [2.24, 2.45) is 0 Å². The van der Waals surface area contributed by atoms with Crippen LogP contribution in [0, 0.1) is 0 Å². The first-order chi connectivity index (χ1) is 25.8. The molecule has 11 aromatic rings. The Balaban J connectivity index is 1.10. The minimum atomic E-state index is 0.890. The summed E-state index contributed by atoms with van der Waals surface area (Å²) >= 11 is 1.85. The monoisotopic (exact) mass is 682 g/mol. The molecule has 52 heavy (non-hydrogen) atoms. The summed E-state index contributed by atoms with van der Waals surface area (Å²) in [4.78, 5) is 2.35. The lowest BCUT2D eigenvalue weighted by atomic mass is 10.00. The Hall–Kier alpha value is -6.62. The summed E-state index contributed by atoms with van der Waals surface area (Å²) in [7, 11) is 0. The van der Waals surface area contributed by atoms with Crippen molar-refractivity contribution in [2.75, 3.05) is 4.90 Å². The van der Waals surface area contributed by atoms with Crippen LogP contribution in [0.15, 0.2) is 186 Å². The smallest absolute Gasteiger partial charge is 0.143 e. The van der Waals surface area contributed by atoms with Crippen LogP contribution in [0.2, 0.25) is 0 Å². The van der Waals surface area contributed by atoms with E-state index in [0.29, 0.717) is 0 Å². The molecule has 0 amide bonds. The molecule has 0 aliphatic rings. The molecule has 3 aromatic heterocycles. The summed E-state index contributed by atoms with van der Waals surface area (Å²) in [5.41, 5.74) is 10.8. The summed E-state index contributed by atoms with van der Waals surface area (Å²) in [5.74, 6) is 0. The maximum atomic E-state index is 6.65. The van der Waals surface area contributed by atoms with Crippen LogP contribution >= 0.6 is 11.3 Å². The van der Waals surface area contributed by atoms with E-state index in [4.69, 9.17) is 4.42 Å². The van der Waals surface area contributed by atoms with E-state index >= 15 is 0 Å². The van der Waals surface area contributed by atoms with Gasteiger partial charge in [0.15, 0.2) is 0 Å². The van der Waals surface area contributed by atoms with Crippen molar-refractivity contribution in [3.63, 3.8) is 0 Å². The number of hydrogen-bond donors (Lipinski definition) is 0. The minimum absolute atomic E-state index is 0.890. The average Bonchev–Trinajstić information content (AvgIpc) is 3.88. The maximum Gasteiger partial charge on any atom is 0.143 e. The molecule has 0 saturated heterocycles. The molecule has 0 radical (unpaired) electrons. The number of hydrogen-bond acceptors (Lipinski definition) is 3. The molecule has 0 aliphatic carbocycles. The number of furan rings is 1. The summed E-state index contributed by atoms with van der Waals surface area (Å²) in [6.07, 6.45) is 0. The van der Waals surface area contributed by atoms with Crippen molar-refractivity contribution in [1.82, 2.24) is 4.57 Å². The van der Waals surface area contributed by atoms with Gasteiger partial charge in [0.25, 0.3) is 0 Å². The van der Waals surface area contributed by atoms with Crippen molar-refractivity contribution >= 4 is 92.3 Å². The summed E-state index contributed by atoms with van der Waals surface area (Å²) in [6.45, 7) is 0. The van der Waals surface area contributed by atoms with Gasteiger partial charge in [-0.3, -0.25) is 0 Å². The zero-order chi connectivity index (χ0) is 34.2. The van der Waals surface area contributed by atoms with Crippen molar-refractivity contribution < 1.29 is 4.42 Å². The molecule has 0 unspecified atom stereocenters. The maximum absolute atomic E-state index is 6.65. The Morgan fingerprint density at radius 1 is 0.423 bits per heavy atom. The number of thiophene rings is 1. The van der Waals surface area contributed by atoms with Gasteiger partial charge in [-0.25, -0.2) is 0 Å². The number of rotatable bonds is 5. The van der Waals surface area contributed by atoms with Gasteiger partial charge in [-0.2, -0.15) is 0 Å². The van der Waals surface area contributed by atoms with Gasteiger partial charge >= 0.3 is 0 Å². The topological polar surface area (TPSA) is 21.3 Å². The fourth-order valence-electron chi connectivity index (χ4n) is 8.02. The first-order valence-corrected chi connectivity index (χ1v) is 18.4. The van der Waals surface area contributed by atoms with Gasteiger partial charge in [-0.05, 0) is 84.4 Å². The molecule has 0 spiro atoms. The predicted octanol–water partition coefficient (Wildman–Crippen LogP) is 14.2. The molecule has 244 valence electrons. The highest BCUT2D eigenvalue weighted by molar-refractivity contribution is 7.25. The van der Waals surface area contributed by atoms with Crippen LogP contribution in [0.1, 0.15) is 0 Å². The van der Waals surface area contributed by atoms with Crippen molar-refractivity contribution in [1.29, 1.82) is 0 Å². The van der Waals surface area contributed by atoms with Crippen molar-refractivity contribution in [3.05, 3.63) is 182 Å². The number of aromatic nitrogens is 1. The van der Waals surface area contributed by atoms with Crippen LogP contribution in [-0.2, 0) is 0 Å². The van der Waals surface area contributed by atoms with Gasteiger partial charge in [-0.1, -0.05) is 103 Å². The Morgan fingerprint density at radius 2 is 1.02 bits per heavy atom. The molecule has 0 bridgehead atoms. The van der Waals surface area contributed by atoms with Crippen molar-refractivity contribution in [2.45, 2.75) is 0 Å². The molecule has 3 nitrogen and oxygen atoms in total. The second-order valence-corrected chi connectivity index (χ2v) is 14.4. The van der Waals surface area contributed by atoms with E-state index in [1.807, 2.05) is 17.4 Å². The third-order valence-corrected chi connectivity index (χ3v) is 11.5. The zero-order valence-electron chi connectivity index (χ0n) is 28.0. The number of benzene rings is 8. The SMILES string of the molecule is c1ccc(N(c2ccc(-c3cc(-n4c5ccccc5c5ccccc54)cc4c3oc3ccccc34)cc2)c2ccc3sc4ccccc4c3c2)cc1. The number of para-hydroxylation sites is 4. The summed E-state index contributed by atoms with van der Waals surface area (Å²) in [6, 6.07) is 65.4. The highest BCUT2D eigenvalue weighted by atomic mass is 32.1. The van der Waals surface area contributed by atoms with Gasteiger partial charge in [-0.15, -0.1) is 11.3 Å². The molecule has 0 fully saturated rings. The summed E-state index contributed by atoms with van der Waals surface area (Å²) in [5, 5.41) is 7.29. The molecule has 11 rings (SSSR count). The molecule has 0 saturated carbocycles. The Bertz CT molecular complexity index is 3080. The van der Waals surface area contributed by atoms with E-state index in [0.717, 1.165) is 55.8 Å². The van der Waals surface area contributed by atoms with Gasteiger partial charge in [0, 0.05) is 70.0 Å². The van der Waals surface area contributed by atoms with Crippen LogP contribution in [-0.4, -0.2) is 4.57 Å². The Morgan fingerprint density at radius 3 is 1.79 bits per heavy atom. The fourth-order valence-corrected chi connectivity index (χ4v) is 9.11. The lowest BCUT2D eigenvalue weighted by molar-refractivity contribution is 0.670.